The Hall–Kier alpha value is -1.25. The monoisotopic (exact) mass is 112 g/mol. The van der Waals surface area contributed by atoms with E-state index in [2.05, 4.69) is 0 Å². The lowest BCUT2D eigenvalue weighted by Crippen LogP contribution is -1.90. The van der Waals surface area contributed by atoms with Crippen LogP contribution < -0.4 is 0 Å². The van der Waals surface area contributed by atoms with Crippen LogP contribution in [0.1, 0.15) is 0 Å². The standard InChI is InChI=1S/C5H4O3/c6-3-1-2-5(8)4-7/h1-4H/b2-1-. The molecule has 0 spiro atoms. The molecule has 8 heavy (non-hydrogen) atoms. The molecule has 0 bridgehead atoms. The van der Waals surface area contributed by atoms with Crippen molar-refractivity contribution in [3.63, 3.8) is 0 Å². The third-order valence-corrected chi connectivity index (χ3v) is 0.455. The molecule has 0 aliphatic rings. The SMILES string of the molecule is O=C/C=C\C(=O)C=O. The second kappa shape index (κ2) is 3.92. The van der Waals surface area contributed by atoms with Gasteiger partial charge in [0.2, 0.25) is 5.78 Å². The summed E-state index contributed by atoms with van der Waals surface area (Å²) in [6.45, 7) is 0. The first kappa shape index (κ1) is 6.75. The highest BCUT2D eigenvalue weighted by Gasteiger charge is 1.85. The highest BCUT2D eigenvalue weighted by atomic mass is 16.2. The summed E-state index contributed by atoms with van der Waals surface area (Å²) in [5, 5.41) is 0. The maximum atomic E-state index is 9.96. The summed E-state index contributed by atoms with van der Waals surface area (Å²) in [5.74, 6) is -0.697. The number of carbonyl (C=O) groups is 3. The van der Waals surface area contributed by atoms with Crippen molar-refractivity contribution in [1.82, 2.24) is 0 Å². The number of allylic oxidation sites excluding steroid dienone is 2. The minimum atomic E-state index is -0.697. The fourth-order valence-corrected chi connectivity index (χ4v) is 0.173. The molecule has 3 heteroatoms. The molecule has 42 valence electrons. The van der Waals surface area contributed by atoms with E-state index in [-0.39, 0.29) is 6.29 Å². The van der Waals surface area contributed by atoms with Crippen LogP contribution in [-0.4, -0.2) is 18.4 Å². The minimum absolute atomic E-state index is 0.139. The summed E-state index contributed by atoms with van der Waals surface area (Å²) in [7, 11) is 0. The maximum absolute atomic E-state index is 9.96. The zero-order valence-electron chi connectivity index (χ0n) is 4.03. The Balaban J connectivity index is 3.69. The van der Waals surface area contributed by atoms with Gasteiger partial charge in [0.1, 0.15) is 6.29 Å². The number of carbonyl (C=O) groups excluding carboxylic acids is 3. The molecule has 0 heterocycles. The predicted molar refractivity (Wildman–Crippen MR) is 26.3 cm³/mol. The Morgan fingerprint density at radius 2 is 1.88 bits per heavy atom. The number of rotatable bonds is 3. The van der Waals surface area contributed by atoms with Gasteiger partial charge in [-0.3, -0.25) is 14.4 Å². The Kier molecular flexibility index (Phi) is 3.31. The quantitative estimate of drug-likeness (QED) is 0.281. The van der Waals surface area contributed by atoms with Crippen LogP contribution in [0.15, 0.2) is 12.2 Å². The van der Waals surface area contributed by atoms with Gasteiger partial charge in [0.05, 0.1) is 0 Å². The van der Waals surface area contributed by atoms with Crippen molar-refractivity contribution in [2.24, 2.45) is 0 Å². The van der Waals surface area contributed by atoms with E-state index in [0.717, 1.165) is 12.2 Å². The molecule has 0 aliphatic heterocycles. The van der Waals surface area contributed by atoms with Crippen molar-refractivity contribution in [2.75, 3.05) is 0 Å². The highest BCUT2D eigenvalue weighted by molar-refractivity contribution is 6.30. The largest absolute Gasteiger partial charge is 0.299 e. The highest BCUT2D eigenvalue weighted by Crippen LogP contribution is 1.66. The van der Waals surface area contributed by atoms with Crippen LogP contribution in [0.25, 0.3) is 0 Å². The number of ketones is 1. The van der Waals surface area contributed by atoms with Gasteiger partial charge in [0, 0.05) is 0 Å². The molecule has 0 unspecified atom stereocenters. The normalized spacial score (nSPS) is 9.00. The molecule has 0 aromatic carbocycles. The third-order valence-electron chi connectivity index (χ3n) is 0.455. The topological polar surface area (TPSA) is 51.2 Å². The van der Waals surface area contributed by atoms with Gasteiger partial charge in [-0.05, 0) is 12.2 Å². The van der Waals surface area contributed by atoms with Crippen molar-refractivity contribution >= 4 is 18.4 Å². The molecule has 0 saturated carbocycles. The van der Waals surface area contributed by atoms with Gasteiger partial charge in [0.25, 0.3) is 0 Å². The third kappa shape index (κ3) is 2.96. The minimum Gasteiger partial charge on any atom is -0.299 e. The van der Waals surface area contributed by atoms with Crippen molar-refractivity contribution < 1.29 is 14.4 Å². The van der Waals surface area contributed by atoms with Crippen LogP contribution in [0.2, 0.25) is 0 Å². The summed E-state index contributed by atoms with van der Waals surface area (Å²) in [5.41, 5.74) is 0. The molecule has 0 atom stereocenters. The Bertz CT molecular complexity index is 135. The molecular weight excluding hydrogens is 108 g/mol. The van der Waals surface area contributed by atoms with Crippen LogP contribution in [0.3, 0.4) is 0 Å². The van der Waals surface area contributed by atoms with Gasteiger partial charge in [-0.1, -0.05) is 0 Å². The lowest BCUT2D eigenvalue weighted by Gasteiger charge is -1.67. The van der Waals surface area contributed by atoms with E-state index < -0.39 is 5.78 Å². The van der Waals surface area contributed by atoms with E-state index in [1.807, 2.05) is 0 Å². The number of aldehydes is 2. The van der Waals surface area contributed by atoms with Gasteiger partial charge < -0.3 is 0 Å². The first-order valence-electron chi connectivity index (χ1n) is 1.92. The molecule has 0 aromatic rings. The first-order valence-corrected chi connectivity index (χ1v) is 1.92. The van der Waals surface area contributed by atoms with Crippen molar-refractivity contribution in [1.29, 1.82) is 0 Å². The molecule has 3 nitrogen and oxygen atoms in total. The van der Waals surface area contributed by atoms with E-state index in [0.29, 0.717) is 6.29 Å². The van der Waals surface area contributed by atoms with Gasteiger partial charge in [0.15, 0.2) is 6.29 Å². The van der Waals surface area contributed by atoms with Crippen LogP contribution in [0.4, 0.5) is 0 Å². The molecule has 0 amide bonds. The van der Waals surface area contributed by atoms with Crippen molar-refractivity contribution in [3.8, 4) is 0 Å². The van der Waals surface area contributed by atoms with Gasteiger partial charge in [-0.15, -0.1) is 0 Å². The second-order valence-corrected chi connectivity index (χ2v) is 1.02. The summed E-state index contributed by atoms with van der Waals surface area (Å²) in [6, 6.07) is 0. The molecule has 0 radical (unpaired) electrons. The number of hydrogen-bond donors (Lipinski definition) is 0. The fourth-order valence-electron chi connectivity index (χ4n) is 0.173. The van der Waals surface area contributed by atoms with Gasteiger partial charge in [-0.25, -0.2) is 0 Å². The van der Waals surface area contributed by atoms with Crippen LogP contribution in [0.5, 0.6) is 0 Å². The van der Waals surface area contributed by atoms with Gasteiger partial charge in [-0.2, -0.15) is 0 Å². The average molecular weight is 112 g/mol. The van der Waals surface area contributed by atoms with Crippen LogP contribution >= 0.6 is 0 Å². The molecule has 0 fully saturated rings. The molecule has 0 aromatic heterocycles. The zero-order chi connectivity index (χ0) is 6.41. The summed E-state index contributed by atoms with van der Waals surface area (Å²) >= 11 is 0. The Labute approximate surface area is 46.0 Å². The summed E-state index contributed by atoms with van der Waals surface area (Å²) < 4.78 is 0. The first-order chi connectivity index (χ1) is 3.81. The van der Waals surface area contributed by atoms with Crippen molar-refractivity contribution in [3.05, 3.63) is 12.2 Å². The Morgan fingerprint density at radius 3 is 2.25 bits per heavy atom. The fraction of sp³-hybridized carbons (Fsp3) is 0. The van der Waals surface area contributed by atoms with Gasteiger partial charge >= 0.3 is 0 Å². The van der Waals surface area contributed by atoms with E-state index in [1.54, 1.807) is 0 Å². The van der Waals surface area contributed by atoms with E-state index in [9.17, 15) is 14.4 Å². The van der Waals surface area contributed by atoms with E-state index in [1.165, 1.54) is 0 Å². The molecule has 0 rings (SSSR count). The zero-order valence-corrected chi connectivity index (χ0v) is 4.03. The second-order valence-electron chi connectivity index (χ2n) is 1.02. The molecule has 0 saturated heterocycles. The van der Waals surface area contributed by atoms with Crippen LogP contribution in [-0.2, 0) is 14.4 Å². The summed E-state index contributed by atoms with van der Waals surface area (Å²) in [6.07, 6.45) is 2.44. The number of hydrogen-bond acceptors (Lipinski definition) is 3. The van der Waals surface area contributed by atoms with E-state index >= 15 is 0 Å². The maximum Gasteiger partial charge on any atom is 0.218 e. The molecule has 0 N–H and O–H groups in total. The summed E-state index contributed by atoms with van der Waals surface area (Å²) in [4.78, 5) is 28.9. The Morgan fingerprint density at radius 1 is 1.25 bits per heavy atom. The molecule has 0 aliphatic carbocycles. The van der Waals surface area contributed by atoms with Crippen molar-refractivity contribution in [2.45, 2.75) is 0 Å². The predicted octanol–water partition coefficient (Wildman–Crippen LogP) is -0.491. The lowest BCUT2D eigenvalue weighted by atomic mass is 10.4. The average Bonchev–Trinajstić information content (AvgIpc) is 1.83. The van der Waals surface area contributed by atoms with Crippen LogP contribution in [0, 0.1) is 0 Å². The lowest BCUT2D eigenvalue weighted by molar-refractivity contribution is -0.126. The smallest absolute Gasteiger partial charge is 0.218 e. The molecular formula is C5H4O3. The van der Waals surface area contributed by atoms with E-state index in [4.69, 9.17) is 0 Å².